The van der Waals surface area contributed by atoms with Crippen molar-refractivity contribution in [3.63, 3.8) is 0 Å². The predicted molar refractivity (Wildman–Crippen MR) is 145 cm³/mol. The minimum Gasteiger partial charge on any atom is -0.398 e. The topological polar surface area (TPSA) is 70.8 Å². The molecule has 1 aliphatic heterocycles. The zero-order chi connectivity index (χ0) is 27.3. The first kappa shape index (κ1) is 27.8. The maximum Gasteiger partial charge on any atom is 0.418 e. The molecule has 0 radical (unpaired) electrons. The Labute approximate surface area is 222 Å². The Kier molecular flexibility index (Phi) is 8.87. The Balaban J connectivity index is 1.27. The molecule has 1 unspecified atom stereocenters. The van der Waals surface area contributed by atoms with Crippen molar-refractivity contribution in [1.82, 2.24) is 4.90 Å². The highest BCUT2D eigenvalue weighted by Gasteiger charge is 2.34. The fourth-order valence-corrected chi connectivity index (χ4v) is 5.21. The molecular formula is C29H37F3N4O2. The second-order valence-corrected chi connectivity index (χ2v) is 10.2. The molecular weight excluding hydrogens is 493 g/mol. The molecule has 1 amide bonds. The lowest BCUT2D eigenvalue weighted by Crippen LogP contribution is -2.52. The summed E-state index contributed by atoms with van der Waals surface area (Å²) in [5.41, 5.74) is 7.19. The van der Waals surface area contributed by atoms with Crippen molar-refractivity contribution < 1.29 is 22.7 Å². The van der Waals surface area contributed by atoms with Gasteiger partial charge in [0, 0.05) is 55.7 Å². The lowest BCUT2D eigenvalue weighted by Gasteiger charge is -2.38. The van der Waals surface area contributed by atoms with E-state index in [0.717, 1.165) is 44.8 Å². The van der Waals surface area contributed by atoms with Gasteiger partial charge in [0.15, 0.2) is 0 Å². The summed E-state index contributed by atoms with van der Waals surface area (Å²) in [6.07, 6.45) is -0.0539. The van der Waals surface area contributed by atoms with Crippen LogP contribution in [0.2, 0.25) is 0 Å². The summed E-state index contributed by atoms with van der Waals surface area (Å²) < 4.78 is 45.8. The van der Waals surface area contributed by atoms with Gasteiger partial charge in [-0.3, -0.25) is 4.79 Å². The smallest absolute Gasteiger partial charge is 0.398 e. The number of nitrogen functional groups attached to an aromatic ring is 1. The van der Waals surface area contributed by atoms with E-state index < -0.39 is 17.8 Å². The molecule has 3 N–H and O–H groups in total. The number of carbonyl (C=O) groups is 1. The number of nitrogens with one attached hydrogen (secondary N) is 1. The van der Waals surface area contributed by atoms with Crippen molar-refractivity contribution in [3.8, 4) is 0 Å². The van der Waals surface area contributed by atoms with E-state index in [1.54, 1.807) is 12.1 Å². The van der Waals surface area contributed by atoms with Crippen LogP contribution in [-0.2, 0) is 15.7 Å². The summed E-state index contributed by atoms with van der Waals surface area (Å²) in [6, 6.07) is 12.4. The average Bonchev–Trinajstić information content (AvgIpc) is 2.90. The first-order chi connectivity index (χ1) is 18.1. The van der Waals surface area contributed by atoms with Crippen LogP contribution in [-0.4, -0.2) is 55.2 Å². The highest BCUT2D eigenvalue weighted by Crippen LogP contribution is 2.36. The minimum atomic E-state index is -4.49. The molecule has 0 aromatic heterocycles. The Morgan fingerprint density at radius 3 is 2.37 bits per heavy atom. The molecule has 2 fully saturated rings. The Bertz CT molecular complexity index is 1090. The van der Waals surface area contributed by atoms with Gasteiger partial charge in [-0.05, 0) is 62.9 Å². The number of alkyl halides is 3. The number of amides is 1. The minimum absolute atomic E-state index is 0.00439. The molecule has 2 aromatic rings. The average molecular weight is 531 g/mol. The van der Waals surface area contributed by atoms with Crippen molar-refractivity contribution in [1.29, 1.82) is 0 Å². The van der Waals surface area contributed by atoms with Crippen molar-refractivity contribution in [2.45, 2.75) is 63.5 Å². The van der Waals surface area contributed by atoms with Crippen LogP contribution < -0.4 is 16.0 Å². The number of anilines is 3. The number of carbonyl (C=O) groups excluding carboxylic acids is 1. The van der Waals surface area contributed by atoms with E-state index in [0.29, 0.717) is 25.2 Å². The molecule has 206 valence electrons. The number of hydrogen-bond donors (Lipinski definition) is 2. The number of hydrogen-bond acceptors (Lipinski definition) is 5. The Hall–Kier alpha value is -3.20. The van der Waals surface area contributed by atoms with Gasteiger partial charge in [0.25, 0.3) is 5.91 Å². The maximum absolute atomic E-state index is 13.3. The third kappa shape index (κ3) is 7.01. The lowest BCUT2D eigenvalue weighted by atomic mass is 9.92. The highest BCUT2D eigenvalue weighted by atomic mass is 19.4. The molecule has 38 heavy (non-hydrogen) atoms. The molecule has 1 atom stereocenters. The first-order valence-corrected chi connectivity index (χ1v) is 13.2. The number of benzene rings is 2. The molecule has 0 spiro atoms. The van der Waals surface area contributed by atoms with E-state index in [1.165, 1.54) is 17.3 Å². The van der Waals surface area contributed by atoms with Gasteiger partial charge < -0.3 is 25.6 Å². The predicted octanol–water partition coefficient (Wildman–Crippen LogP) is 5.63. The van der Waals surface area contributed by atoms with Gasteiger partial charge in [-0.2, -0.15) is 13.2 Å². The van der Waals surface area contributed by atoms with E-state index in [4.69, 9.17) is 10.5 Å². The zero-order valence-corrected chi connectivity index (χ0v) is 21.8. The number of halogens is 3. The monoisotopic (exact) mass is 530 g/mol. The molecule has 4 rings (SSSR count). The van der Waals surface area contributed by atoms with Crippen LogP contribution in [0.1, 0.15) is 43.2 Å². The number of nitrogens with two attached hydrogens (primary N) is 1. The molecule has 2 aromatic carbocycles. The van der Waals surface area contributed by atoms with E-state index >= 15 is 0 Å². The van der Waals surface area contributed by atoms with Gasteiger partial charge in [-0.15, -0.1) is 6.58 Å². The first-order valence-electron chi connectivity index (χ1n) is 13.2. The number of aryl methyl sites for hydroxylation is 1. The molecule has 1 heterocycles. The van der Waals surface area contributed by atoms with Gasteiger partial charge in [0.1, 0.15) is 6.10 Å². The van der Waals surface area contributed by atoms with Gasteiger partial charge >= 0.3 is 6.18 Å². The Morgan fingerprint density at radius 1 is 1.11 bits per heavy atom. The van der Waals surface area contributed by atoms with Crippen LogP contribution in [0.4, 0.5) is 30.2 Å². The van der Waals surface area contributed by atoms with Crippen LogP contribution in [0.25, 0.3) is 0 Å². The normalized spacial score (nSPS) is 21.2. The van der Waals surface area contributed by atoms with Gasteiger partial charge in [0.2, 0.25) is 0 Å². The lowest BCUT2D eigenvalue weighted by molar-refractivity contribution is -0.149. The van der Waals surface area contributed by atoms with Gasteiger partial charge in [-0.1, -0.05) is 23.8 Å². The van der Waals surface area contributed by atoms with E-state index in [9.17, 15) is 18.0 Å². The Morgan fingerprint density at radius 2 is 1.76 bits per heavy atom. The zero-order valence-electron chi connectivity index (χ0n) is 21.8. The SMILES string of the molecule is C=CCC(OC1CCC(Nc2ccc(N)c(C(F)(F)F)c2)CC1)C(=O)N1CCN(c2ccc(C)cc2)CC1. The maximum atomic E-state index is 13.3. The van der Waals surface area contributed by atoms with Crippen molar-refractivity contribution >= 4 is 23.0 Å². The second kappa shape index (κ2) is 12.1. The third-order valence-electron chi connectivity index (χ3n) is 7.41. The quantitative estimate of drug-likeness (QED) is 0.342. The summed E-state index contributed by atoms with van der Waals surface area (Å²) in [6.45, 7) is 8.70. The second-order valence-electron chi connectivity index (χ2n) is 10.2. The van der Waals surface area contributed by atoms with E-state index in [-0.39, 0.29) is 23.7 Å². The standard InChI is InChI=1S/C29H37F3N4O2/c1-3-4-27(28(37)36-17-15-35(16-18-36)23-10-5-20(2)6-11-23)38-24-12-7-21(8-13-24)34-22-9-14-26(33)25(19-22)29(30,31)32/h3,5-6,9-11,14,19,21,24,27,34H,1,4,7-8,12-13,15-18,33H2,2H3. The van der Waals surface area contributed by atoms with Crippen LogP contribution in [0, 0.1) is 6.92 Å². The van der Waals surface area contributed by atoms with Crippen LogP contribution in [0.5, 0.6) is 0 Å². The van der Waals surface area contributed by atoms with E-state index in [1.807, 2.05) is 4.90 Å². The van der Waals surface area contributed by atoms with Crippen LogP contribution >= 0.6 is 0 Å². The largest absolute Gasteiger partial charge is 0.418 e. The number of nitrogens with zero attached hydrogens (tertiary/aromatic N) is 2. The molecule has 2 aliphatic rings. The van der Waals surface area contributed by atoms with Gasteiger partial charge in [0.05, 0.1) is 11.7 Å². The molecule has 6 nitrogen and oxygen atoms in total. The summed E-state index contributed by atoms with van der Waals surface area (Å²) in [7, 11) is 0. The van der Waals surface area contributed by atoms with Crippen molar-refractivity contribution in [2.24, 2.45) is 0 Å². The molecule has 1 saturated heterocycles. The number of piperazine rings is 1. The summed E-state index contributed by atoms with van der Waals surface area (Å²) in [4.78, 5) is 17.5. The summed E-state index contributed by atoms with van der Waals surface area (Å²) >= 11 is 0. The summed E-state index contributed by atoms with van der Waals surface area (Å²) in [5, 5.41) is 3.21. The number of rotatable bonds is 8. The molecule has 0 bridgehead atoms. The molecule has 1 aliphatic carbocycles. The highest BCUT2D eigenvalue weighted by molar-refractivity contribution is 5.81. The third-order valence-corrected chi connectivity index (χ3v) is 7.41. The number of ether oxygens (including phenoxy) is 1. The van der Waals surface area contributed by atoms with Crippen LogP contribution in [0.3, 0.4) is 0 Å². The molecule has 1 saturated carbocycles. The van der Waals surface area contributed by atoms with Crippen molar-refractivity contribution in [2.75, 3.05) is 42.1 Å². The summed E-state index contributed by atoms with van der Waals surface area (Å²) in [5.74, 6) is -0.00439. The van der Waals surface area contributed by atoms with Crippen molar-refractivity contribution in [3.05, 3.63) is 66.2 Å². The molecule has 9 heteroatoms. The van der Waals surface area contributed by atoms with Crippen LogP contribution in [0.15, 0.2) is 55.1 Å². The fourth-order valence-electron chi connectivity index (χ4n) is 5.21. The van der Waals surface area contributed by atoms with Gasteiger partial charge in [-0.25, -0.2) is 0 Å². The van der Waals surface area contributed by atoms with E-state index in [2.05, 4.69) is 48.0 Å². The fraction of sp³-hybridized carbons (Fsp3) is 0.483.